The molecule has 8 atom stereocenters. The van der Waals surface area contributed by atoms with Gasteiger partial charge in [-0.3, -0.25) is 14.6 Å². The number of carbonyl (C=O) groups excluding carboxylic acids is 2. The van der Waals surface area contributed by atoms with Gasteiger partial charge in [-0.05, 0) is 139 Å². The van der Waals surface area contributed by atoms with E-state index in [0.29, 0.717) is 81.1 Å². The Labute approximate surface area is 341 Å². The maximum Gasteiger partial charge on any atom is 0.185 e. The Bertz CT molecular complexity index is 2020. The third-order valence-corrected chi connectivity index (χ3v) is 12.6. The number of ether oxygens (including phenoxy) is 1. The summed E-state index contributed by atoms with van der Waals surface area (Å²) >= 11 is 0. The minimum absolute atomic E-state index is 0.0144. The number of hydrogen-bond acceptors (Lipinski definition) is 10. The number of rotatable bonds is 16. The number of aryl methyl sites for hydroxylation is 1. The van der Waals surface area contributed by atoms with Crippen molar-refractivity contribution in [3.63, 3.8) is 0 Å². The lowest BCUT2D eigenvalue weighted by Crippen LogP contribution is -2.52. The predicted octanol–water partition coefficient (Wildman–Crippen LogP) is 4.68. The molecule has 8 unspecified atom stereocenters. The number of methoxy groups -OCH3 is 1. The van der Waals surface area contributed by atoms with E-state index < -0.39 is 24.0 Å². The van der Waals surface area contributed by atoms with Gasteiger partial charge in [0.25, 0.3) is 0 Å². The third-order valence-electron chi connectivity index (χ3n) is 12.6. The number of nitrogens with one attached hydrogen (secondary N) is 1. The maximum absolute atomic E-state index is 13.7. The number of nitrogens with two attached hydrogens (primary N) is 2. The van der Waals surface area contributed by atoms with Crippen molar-refractivity contribution < 1.29 is 39.9 Å². The zero-order valence-corrected chi connectivity index (χ0v) is 33.5. The Morgan fingerprint density at radius 2 is 1.81 bits per heavy atom. The summed E-state index contributed by atoms with van der Waals surface area (Å²) in [5.74, 6) is 6.77. The van der Waals surface area contributed by atoms with Crippen LogP contribution in [-0.4, -0.2) is 82.0 Å². The smallest absolute Gasteiger partial charge is 0.185 e. The van der Waals surface area contributed by atoms with Crippen molar-refractivity contribution in [3.8, 4) is 29.1 Å². The van der Waals surface area contributed by atoms with Crippen LogP contribution in [0, 0.1) is 35.5 Å². The van der Waals surface area contributed by atoms with E-state index in [1.807, 2.05) is 12.1 Å². The number of nitrogens with zero attached hydrogens (tertiary/aromatic N) is 1. The molecule has 1 heterocycles. The first kappa shape index (κ1) is 42.9. The summed E-state index contributed by atoms with van der Waals surface area (Å²) < 4.78 is 5.42. The Morgan fingerprint density at radius 1 is 0.983 bits per heavy atom. The van der Waals surface area contributed by atoms with Crippen molar-refractivity contribution in [2.75, 3.05) is 26.8 Å². The molecule has 3 aromatic carbocycles. The van der Waals surface area contributed by atoms with Crippen molar-refractivity contribution in [1.82, 2.24) is 5.32 Å². The van der Waals surface area contributed by atoms with Gasteiger partial charge < -0.3 is 47.1 Å². The van der Waals surface area contributed by atoms with Gasteiger partial charge in [-0.15, -0.1) is 0 Å². The van der Waals surface area contributed by atoms with Crippen molar-refractivity contribution in [1.29, 1.82) is 0 Å². The number of aliphatic imine (C=N–C) groups is 1. The quantitative estimate of drug-likeness (QED) is 0.0430. The number of aliphatic hydroxyl groups is 3. The summed E-state index contributed by atoms with van der Waals surface area (Å²) in [6.45, 7) is 1.30. The number of hydrogen-bond donors (Lipinski definition) is 8. The monoisotopic (exact) mass is 796 g/mol. The lowest BCUT2D eigenvalue weighted by atomic mass is 9.67. The molecular weight excluding hydrogens is 737 g/mol. The zero-order valence-electron chi connectivity index (χ0n) is 33.5. The van der Waals surface area contributed by atoms with E-state index in [0.717, 1.165) is 59.7 Å². The standard InChI is InChI=1S/C46H60N4O8/c1-58-45-22-30-9-13-43(56)36(42(55)5-3-2-4-27-18-39-32(15-17-51)21-35(53)24-40(39)50-26-27)11-7-28(38(30)25-44(45)57)8-12-41(54)33-19-29-6-10-34(52)23-37(29)31(20-33)14-16-49-46(47)48/h6,10,19-20,22-23,25,27-28,32,36,39-42,50-52,54-55,57H,2-5,8-9,12-18,21,24,26H2,1H3,(H4,47,48,49). The van der Waals surface area contributed by atoms with Gasteiger partial charge in [0.2, 0.25) is 0 Å². The molecule has 3 aliphatic rings. The lowest BCUT2D eigenvalue weighted by Gasteiger charge is -2.44. The van der Waals surface area contributed by atoms with Crippen LogP contribution >= 0.6 is 0 Å². The van der Waals surface area contributed by atoms with Gasteiger partial charge in [0.05, 0.1) is 19.3 Å². The largest absolute Gasteiger partial charge is 0.508 e. The van der Waals surface area contributed by atoms with E-state index >= 15 is 0 Å². The molecule has 10 N–H and O–H groups in total. The van der Waals surface area contributed by atoms with Crippen LogP contribution in [0.2, 0.25) is 0 Å². The van der Waals surface area contributed by atoms with Crippen LogP contribution in [0.25, 0.3) is 10.8 Å². The van der Waals surface area contributed by atoms with Gasteiger partial charge in [-0.25, -0.2) is 0 Å². The molecule has 2 aliphatic carbocycles. The van der Waals surface area contributed by atoms with Crippen LogP contribution in [-0.2, 0) is 22.4 Å². The molecule has 6 rings (SSSR count). The fraction of sp³-hybridized carbons (Fsp3) is 0.543. The Kier molecular flexibility index (Phi) is 14.7. The number of guanidine groups is 1. The summed E-state index contributed by atoms with van der Waals surface area (Å²) in [6, 6.07) is 12.5. The van der Waals surface area contributed by atoms with Gasteiger partial charge in [0.1, 0.15) is 17.5 Å². The van der Waals surface area contributed by atoms with Gasteiger partial charge in [0.15, 0.2) is 23.2 Å². The van der Waals surface area contributed by atoms with Crippen LogP contribution in [0.5, 0.6) is 17.2 Å². The topological polar surface area (TPSA) is 221 Å². The number of unbranched alkanes of at least 4 members (excludes halogenated alkanes) is 1. The number of Topliss-reactive ketones (excluding diaryl/α,β-unsaturated/α-hetero) is 2. The molecule has 0 amide bonds. The summed E-state index contributed by atoms with van der Waals surface area (Å²) in [5, 5.41) is 59.0. The first-order chi connectivity index (χ1) is 27.9. The van der Waals surface area contributed by atoms with Gasteiger partial charge in [-0.2, -0.15) is 0 Å². The molecule has 12 nitrogen and oxygen atoms in total. The number of piperidine rings is 1. The molecule has 12 heteroatoms. The van der Waals surface area contributed by atoms with E-state index in [1.165, 1.54) is 7.11 Å². The molecule has 1 saturated heterocycles. The number of fused-ring (bicyclic) bond motifs is 3. The second-order valence-electron chi connectivity index (χ2n) is 16.6. The average molecular weight is 797 g/mol. The second-order valence-corrected chi connectivity index (χ2v) is 16.6. The van der Waals surface area contributed by atoms with E-state index in [4.69, 9.17) is 16.2 Å². The van der Waals surface area contributed by atoms with E-state index in [9.17, 15) is 35.1 Å². The highest BCUT2D eigenvalue weighted by molar-refractivity contribution is 5.88. The van der Waals surface area contributed by atoms with Crippen molar-refractivity contribution in [2.24, 2.45) is 40.1 Å². The van der Waals surface area contributed by atoms with Crippen molar-refractivity contribution in [2.45, 2.75) is 108 Å². The minimum Gasteiger partial charge on any atom is -0.508 e. The molecule has 58 heavy (non-hydrogen) atoms. The SMILES string of the molecule is COc1cc2c(cc1O)C(CCC(O)c1cc(CCN=C(N)N)c3cc(O)ccc3c1)C#CC(C(O)CCCCC1CNC3CC(=O)CC(CCO)C3C1)C(=O)CC2. The Morgan fingerprint density at radius 3 is 2.59 bits per heavy atom. The van der Waals surface area contributed by atoms with Crippen molar-refractivity contribution in [3.05, 3.63) is 64.7 Å². The molecule has 0 spiro atoms. The Balaban J connectivity index is 1.14. The van der Waals surface area contributed by atoms with Crippen LogP contribution in [0.4, 0.5) is 0 Å². The van der Waals surface area contributed by atoms with Crippen LogP contribution in [0.15, 0.2) is 47.5 Å². The number of phenolic OH excluding ortho intramolecular Hbond substituents is 2. The fourth-order valence-electron chi connectivity index (χ4n) is 9.55. The Hall–Kier alpha value is -4.67. The fourth-order valence-corrected chi connectivity index (χ4v) is 9.55. The molecule has 0 aromatic heterocycles. The summed E-state index contributed by atoms with van der Waals surface area (Å²) in [4.78, 5) is 30.1. The molecule has 0 bridgehead atoms. The number of carbonyl (C=O) groups is 2. The third kappa shape index (κ3) is 10.7. The van der Waals surface area contributed by atoms with Crippen LogP contribution in [0.1, 0.15) is 105 Å². The molecular formula is C46H60N4O8. The number of aromatic hydroxyl groups is 2. The van der Waals surface area contributed by atoms with Crippen LogP contribution in [0.3, 0.4) is 0 Å². The van der Waals surface area contributed by atoms with Gasteiger partial charge in [-0.1, -0.05) is 36.8 Å². The highest BCUT2D eigenvalue weighted by atomic mass is 16.5. The molecule has 1 saturated carbocycles. The number of ketones is 2. The number of benzene rings is 3. The molecule has 2 fully saturated rings. The van der Waals surface area contributed by atoms with Gasteiger partial charge >= 0.3 is 0 Å². The number of phenols is 2. The second kappa shape index (κ2) is 19.9. The summed E-state index contributed by atoms with van der Waals surface area (Å²) in [6.07, 6.45) is 5.86. The van der Waals surface area contributed by atoms with E-state index in [1.54, 1.807) is 30.3 Å². The highest BCUT2D eigenvalue weighted by Gasteiger charge is 2.40. The van der Waals surface area contributed by atoms with Crippen LogP contribution < -0.4 is 21.5 Å². The molecule has 312 valence electrons. The first-order valence-corrected chi connectivity index (χ1v) is 20.9. The van der Waals surface area contributed by atoms with Gasteiger partial charge in [0, 0.05) is 44.4 Å². The molecule has 3 aromatic rings. The van der Waals surface area contributed by atoms with E-state index in [2.05, 4.69) is 22.2 Å². The normalized spacial score (nSPS) is 24.3. The predicted molar refractivity (Wildman–Crippen MR) is 223 cm³/mol. The first-order valence-electron chi connectivity index (χ1n) is 20.9. The zero-order chi connectivity index (χ0) is 41.3. The average Bonchev–Trinajstić information content (AvgIpc) is 3.25. The highest BCUT2D eigenvalue weighted by Crippen LogP contribution is 2.40. The maximum atomic E-state index is 13.7. The van der Waals surface area contributed by atoms with E-state index in [-0.39, 0.29) is 54.0 Å². The van der Waals surface area contributed by atoms with Crippen molar-refractivity contribution >= 4 is 28.3 Å². The lowest BCUT2D eigenvalue weighted by molar-refractivity contribution is -0.125. The molecule has 0 radical (unpaired) electrons. The summed E-state index contributed by atoms with van der Waals surface area (Å²) in [7, 11) is 1.48. The molecule has 1 aliphatic heterocycles. The number of aliphatic hydroxyl groups excluding tert-OH is 3. The summed E-state index contributed by atoms with van der Waals surface area (Å²) in [5.41, 5.74) is 14.3. The minimum atomic E-state index is -0.933.